The second-order valence-corrected chi connectivity index (χ2v) is 11.7. The number of H-pyrrole nitrogens is 1. The number of ketones is 1. The van der Waals surface area contributed by atoms with E-state index >= 15 is 0 Å². The molecule has 0 spiro atoms. The van der Waals surface area contributed by atoms with Crippen molar-refractivity contribution in [3.63, 3.8) is 0 Å². The van der Waals surface area contributed by atoms with Crippen LogP contribution in [0.25, 0.3) is 16.6 Å². The van der Waals surface area contributed by atoms with Crippen molar-refractivity contribution in [3.05, 3.63) is 88.9 Å². The zero-order valence-electron chi connectivity index (χ0n) is 24.6. The van der Waals surface area contributed by atoms with Gasteiger partial charge in [-0.15, -0.1) is 0 Å². The fourth-order valence-corrected chi connectivity index (χ4v) is 6.49. The topological polar surface area (TPSA) is 105 Å². The lowest BCUT2D eigenvalue weighted by Crippen LogP contribution is -2.45. The highest BCUT2D eigenvalue weighted by atomic mass is 19.1. The van der Waals surface area contributed by atoms with Crippen LogP contribution >= 0.6 is 0 Å². The summed E-state index contributed by atoms with van der Waals surface area (Å²) in [6.45, 7) is 5.04. The smallest absolute Gasteiger partial charge is 0.219 e. The van der Waals surface area contributed by atoms with Gasteiger partial charge >= 0.3 is 0 Å². The number of fused-ring (bicyclic) bond motifs is 3. The highest BCUT2D eigenvalue weighted by Gasteiger charge is 2.29. The largest absolute Gasteiger partial charge is 0.433 e. The van der Waals surface area contributed by atoms with E-state index < -0.39 is 17.4 Å². The number of nitrogens with two attached hydrogens (primary N) is 1. The van der Waals surface area contributed by atoms with Crippen LogP contribution in [0, 0.1) is 18.6 Å². The second-order valence-electron chi connectivity index (χ2n) is 11.7. The van der Waals surface area contributed by atoms with Crippen LogP contribution in [0.2, 0.25) is 0 Å². The monoisotopic (exact) mass is 597 g/mol. The van der Waals surface area contributed by atoms with Crippen LogP contribution in [0.15, 0.2) is 54.9 Å². The van der Waals surface area contributed by atoms with Crippen LogP contribution in [-0.4, -0.2) is 63.2 Å². The summed E-state index contributed by atoms with van der Waals surface area (Å²) in [5.74, 6) is -2.30. The number of aromatic nitrogens is 4. The Balaban J connectivity index is 1.15. The van der Waals surface area contributed by atoms with Crippen LogP contribution < -0.4 is 15.4 Å². The van der Waals surface area contributed by atoms with E-state index in [9.17, 15) is 13.6 Å². The first kappa shape index (κ1) is 28.0. The van der Waals surface area contributed by atoms with E-state index in [4.69, 9.17) is 10.5 Å². The van der Waals surface area contributed by atoms with Crippen molar-refractivity contribution >= 4 is 28.2 Å². The van der Waals surface area contributed by atoms with Gasteiger partial charge in [-0.1, -0.05) is 6.07 Å². The summed E-state index contributed by atoms with van der Waals surface area (Å²) in [6, 6.07) is 11.7. The summed E-state index contributed by atoms with van der Waals surface area (Å²) in [4.78, 5) is 26.2. The number of pyridine rings is 1. The third-order valence-electron chi connectivity index (χ3n) is 8.86. The Kier molecular flexibility index (Phi) is 7.04. The third-order valence-corrected chi connectivity index (χ3v) is 8.86. The summed E-state index contributed by atoms with van der Waals surface area (Å²) in [5.41, 5.74) is 11.8. The van der Waals surface area contributed by atoms with Gasteiger partial charge in [-0.3, -0.25) is 4.79 Å². The number of likely N-dealkylation sites (tertiary alicyclic amines) is 1. The summed E-state index contributed by atoms with van der Waals surface area (Å²) < 4.78 is 34.9. The van der Waals surface area contributed by atoms with Crippen molar-refractivity contribution in [3.8, 4) is 17.3 Å². The number of para-hydroxylation sites is 1. The summed E-state index contributed by atoms with van der Waals surface area (Å²) in [5, 5.41) is 5.44. The number of anilines is 2. The third kappa shape index (κ3) is 4.86. The fourth-order valence-electron chi connectivity index (χ4n) is 6.49. The molecule has 2 aliphatic rings. The minimum atomic E-state index is -0.833. The predicted octanol–water partition coefficient (Wildman–Crippen LogP) is 5.79. The molecule has 3 N–H and O–H groups in total. The molecule has 3 aromatic heterocycles. The summed E-state index contributed by atoms with van der Waals surface area (Å²) >= 11 is 0. The van der Waals surface area contributed by atoms with Gasteiger partial charge in [0.25, 0.3) is 0 Å². The zero-order chi connectivity index (χ0) is 30.5. The Morgan fingerprint density at radius 2 is 1.82 bits per heavy atom. The molecule has 226 valence electrons. The van der Waals surface area contributed by atoms with Gasteiger partial charge in [-0.25, -0.2) is 18.4 Å². The van der Waals surface area contributed by atoms with Crippen molar-refractivity contribution in [2.45, 2.75) is 38.6 Å². The lowest BCUT2D eigenvalue weighted by atomic mass is 9.94. The molecule has 9 nitrogen and oxygen atoms in total. The maximum Gasteiger partial charge on any atom is 0.219 e. The average Bonchev–Trinajstić information content (AvgIpc) is 3.63. The number of piperidine rings is 1. The summed E-state index contributed by atoms with van der Waals surface area (Å²) in [6.07, 6.45) is 7.24. The predicted molar refractivity (Wildman–Crippen MR) is 165 cm³/mol. The minimum Gasteiger partial charge on any atom is -0.433 e. The van der Waals surface area contributed by atoms with Crippen LogP contribution in [0.1, 0.15) is 46.4 Å². The molecular weight excluding hydrogens is 564 g/mol. The molecule has 5 heterocycles. The van der Waals surface area contributed by atoms with Crippen LogP contribution in [0.5, 0.6) is 11.6 Å². The van der Waals surface area contributed by atoms with Crippen molar-refractivity contribution in [2.24, 2.45) is 0 Å². The molecule has 5 aromatic rings. The fraction of sp³-hybridized carbons (Fsp3) is 0.303. The molecule has 0 amide bonds. The average molecular weight is 598 g/mol. The molecule has 44 heavy (non-hydrogen) atoms. The number of aromatic amines is 1. The molecular formula is C33H33F2N7O2. The van der Waals surface area contributed by atoms with Crippen molar-refractivity contribution in [2.75, 3.05) is 37.3 Å². The molecule has 1 saturated heterocycles. The van der Waals surface area contributed by atoms with E-state index in [1.54, 1.807) is 6.92 Å². The number of benzene rings is 2. The number of carbonyl (C=O) groups is 1. The quantitative estimate of drug-likeness (QED) is 0.239. The first-order valence-corrected chi connectivity index (χ1v) is 14.9. The van der Waals surface area contributed by atoms with Gasteiger partial charge in [0.1, 0.15) is 5.82 Å². The zero-order valence-corrected chi connectivity index (χ0v) is 24.6. The summed E-state index contributed by atoms with van der Waals surface area (Å²) in [7, 11) is 2.18. The Morgan fingerprint density at radius 3 is 2.57 bits per heavy atom. The van der Waals surface area contributed by atoms with Gasteiger partial charge in [0.2, 0.25) is 17.4 Å². The van der Waals surface area contributed by atoms with Gasteiger partial charge in [0.15, 0.2) is 11.6 Å². The van der Waals surface area contributed by atoms with Crippen LogP contribution in [-0.2, 0) is 6.42 Å². The van der Waals surface area contributed by atoms with Crippen molar-refractivity contribution < 1.29 is 18.3 Å². The number of nitrogens with zero attached hydrogens (tertiary/aromatic N) is 5. The normalized spacial score (nSPS) is 16.0. The molecule has 0 aliphatic carbocycles. The number of hydrogen-bond acceptors (Lipinski definition) is 7. The standard InChI is InChI=1S/C33H33F2N7O2/c1-19-15-30(44-32-24(34)6-3-7-25(32)35)37-18-29(19)42-33(36)23(17-38-42)31(43)27-16-22-21-5-4-12-41(20-10-13-40(2)14-11-20)28(21)9-8-26(22)39-27/h3,6-9,15-18,20,39H,4-5,10-14,36H2,1-2H3. The number of hydrogen-bond donors (Lipinski definition) is 2. The molecule has 0 atom stereocenters. The van der Waals surface area contributed by atoms with E-state index in [2.05, 4.69) is 44.0 Å². The van der Waals surface area contributed by atoms with Gasteiger partial charge in [0.05, 0.1) is 29.3 Å². The van der Waals surface area contributed by atoms with Gasteiger partial charge in [0, 0.05) is 35.2 Å². The first-order valence-electron chi connectivity index (χ1n) is 14.9. The van der Waals surface area contributed by atoms with E-state index in [1.807, 2.05) is 6.07 Å². The lowest BCUT2D eigenvalue weighted by Gasteiger charge is -2.41. The number of aryl methyl sites for hydroxylation is 2. The number of rotatable bonds is 6. The SMILES string of the molecule is Cc1cc(Oc2c(F)cccc2F)ncc1-n1ncc(C(=O)c2cc3c4c(ccc3[nH]2)N(C2CCN(C)CC2)CCC4)c1N. The van der Waals surface area contributed by atoms with Crippen molar-refractivity contribution in [1.29, 1.82) is 0 Å². The number of ether oxygens (including phenoxy) is 1. The molecule has 0 saturated carbocycles. The molecule has 2 aliphatic heterocycles. The van der Waals surface area contributed by atoms with Crippen LogP contribution in [0.4, 0.5) is 20.3 Å². The van der Waals surface area contributed by atoms with E-state index in [-0.39, 0.29) is 23.0 Å². The van der Waals surface area contributed by atoms with Gasteiger partial charge in [-0.05, 0) is 94.2 Å². The number of carbonyl (C=O) groups excluding carboxylic acids is 1. The Hall–Kier alpha value is -4.77. The number of nitrogens with one attached hydrogen (secondary N) is 1. The molecule has 0 bridgehead atoms. The lowest BCUT2D eigenvalue weighted by molar-refractivity contribution is 0.103. The molecule has 7 rings (SSSR count). The van der Waals surface area contributed by atoms with Gasteiger partial charge in [-0.2, -0.15) is 5.10 Å². The molecule has 0 radical (unpaired) electrons. The van der Waals surface area contributed by atoms with E-state index in [1.165, 1.54) is 40.5 Å². The van der Waals surface area contributed by atoms with Crippen LogP contribution in [0.3, 0.4) is 0 Å². The molecule has 1 fully saturated rings. The maximum atomic E-state index is 14.0. The highest BCUT2D eigenvalue weighted by molar-refractivity contribution is 6.13. The molecule has 11 heteroatoms. The van der Waals surface area contributed by atoms with E-state index in [0.717, 1.165) is 68.4 Å². The minimum absolute atomic E-state index is 0.00748. The van der Waals surface area contributed by atoms with Gasteiger partial charge < -0.3 is 25.3 Å². The highest BCUT2D eigenvalue weighted by Crippen LogP contribution is 2.37. The molecule has 2 aromatic carbocycles. The molecule has 0 unspecified atom stereocenters. The van der Waals surface area contributed by atoms with Crippen molar-refractivity contribution in [1.82, 2.24) is 24.6 Å². The maximum absolute atomic E-state index is 14.0. The Labute approximate surface area is 253 Å². The Morgan fingerprint density at radius 1 is 1.05 bits per heavy atom. The number of nitrogen functional groups attached to an aromatic ring is 1. The Bertz CT molecular complexity index is 1870. The van der Waals surface area contributed by atoms with E-state index in [0.29, 0.717) is 23.0 Å². The first-order chi connectivity index (χ1) is 21.3. The number of halogens is 2. The second kappa shape index (κ2) is 11.1.